The molecule has 24 heavy (non-hydrogen) atoms. The number of pyridine rings is 1. The van der Waals surface area contributed by atoms with Crippen molar-refractivity contribution >= 4 is 23.2 Å². The maximum absolute atomic E-state index is 12.6. The smallest absolute Gasteiger partial charge is 0.233 e. The quantitative estimate of drug-likeness (QED) is 0.841. The number of carbonyl (C=O) groups is 1. The molecule has 0 aromatic carbocycles. The molecule has 4 nitrogen and oxygen atoms in total. The topological polar surface area (TPSA) is 46.4 Å². The molecule has 0 radical (unpaired) electrons. The van der Waals surface area contributed by atoms with Crippen LogP contribution < -0.4 is 5.32 Å². The van der Waals surface area contributed by atoms with Crippen molar-refractivity contribution in [1.82, 2.24) is 14.7 Å². The van der Waals surface area contributed by atoms with Crippen molar-refractivity contribution < 1.29 is 4.79 Å². The largest absolute Gasteiger partial charge is 0.352 e. The highest BCUT2D eigenvalue weighted by molar-refractivity contribution is 8.00. The van der Waals surface area contributed by atoms with Gasteiger partial charge in [-0.3, -0.25) is 9.20 Å². The molecule has 0 unspecified atom stereocenters. The number of nitrogens with zero attached hydrogens (tertiary/aromatic N) is 2. The summed E-state index contributed by atoms with van der Waals surface area (Å²) in [6, 6.07) is 6.30. The van der Waals surface area contributed by atoms with Crippen LogP contribution in [0.5, 0.6) is 0 Å². The van der Waals surface area contributed by atoms with Crippen LogP contribution in [0.2, 0.25) is 0 Å². The third-order valence-electron chi connectivity index (χ3n) is 5.86. The van der Waals surface area contributed by atoms with Gasteiger partial charge >= 0.3 is 0 Å². The minimum atomic E-state index is -0.142. The number of carbonyl (C=O) groups excluding carboxylic acids is 1. The molecule has 2 saturated carbocycles. The molecule has 1 N–H and O–H groups in total. The second-order valence-electron chi connectivity index (χ2n) is 7.43. The summed E-state index contributed by atoms with van der Waals surface area (Å²) in [5.41, 5.74) is 1.06. The van der Waals surface area contributed by atoms with Gasteiger partial charge in [0.1, 0.15) is 0 Å². The number of amides is 1. The average molecular weight is 343 g/mol. The summed E-state index contributed by atoms with van der Waals surface area (Å²) in [5.74, 6) is 2.56. The SMILES string of the molecule is C[C@H](Sc1ncc2ccccn12)C(=O)N[C@H](C)[C@@H]1C[C@H]2CC[C@H]1C2. The molecule has 2 bridgehead atoms. The third-order valence-corrected chi connectivity index (χ3v) is 6.94. The molecule has 2 aromatic heterocycles. The maximum Gasteiger partial charge on any atom is 0.233 e. The van der Waals surface area contributed by atoms with Crippen molar-refractivity contribution in [2.24, 2.45) is 17.8 Å². The van der Waals surface area contributed by atoms with Crippen LogP contribution in [0.1, 0.15) is 39.5 Å². The molecule has 2 heterocycles. The van der Waals surface area contributed by atoms with Crippen LogP contribution in [0.4, 0.5) is 0 Å². The number of fused-ring (bicyclic) bond motifs is 3. The van der Waals surface area contributed by atoms with Crippen LogP contribution in [-0.4, -0.2) is 26.6 Å². The highest BCUT2D eigenvalue weighted by Gasteiger charge is 2.42. The normalized spacial score (nSPS) is 28.2. The van der Waals surface area contributed by atoms with E-state index >= 15 is 0 Å². The van der Waals surface area contributed by atoms with E-state index < -0.39 is 0 Å². The number of hydrogen-bond acceptors (Lipinski definition) is 3. The number of aromatic nitrogens is 2. The van der Waals surface area contributed by atoms with Gasteiger partial charge in [-0.2, -0.15) is 0 Å². The Morgan fingerprint density at radius 1 is 1.33 bits per heavy atom. The Labute approximate surface area is 147 Å². The number of rotatable bonds is 5. The van der Waals surface area contributed by atoms with Crippen LogP contribution in [0.25, 0.3) is 5.52 Å². The highest BCUT2D eigenvalue weighted by atomic mass is 32.2. The number of nitrogens with one attached hydrogen (secondary N) is 1. The van der Waals surface area contributed by atoms with Gasteiger partial charge in [0, 0.05) is 12.2 Å². The molecule has 128 valence electrons. The van der Waals surface area contributed by atoms with Crippen LogP contribution in [0, 0.1) is 17.8 Å². The van der Waals surface area contributed by atoms with E-state index in [2.05, 4.69) is 17.2 Å². The molecule has 4 rings (SSSR count). The van der Waals surface area contributed by atoms with Crippen molar-refractivity contribution in [3.05, 3.63) is 30.6 Å². The lowest BCUT2D eigenvalue weighted by atomic mass is 9.84. The molecule has 0 aliphatic heterocycles. The number of imidazole rings is 1. The summed E-state index contributed by atoms with van der Waals surface area (Å²) < 4.78 is 2.04. The second kappa shape index (κ2) is 6.43. The van der Waals surface area contributed by atoms with Gasteiger partial charge in [-0.05, 0) is 63.0 Å². The summed E-state index contributed by atoms with van der Waals surface area (Å²) in [5, 5.41) is 4.00. The lowest BCUT2D eigenvalue weighted by Crippen LogP contribution is -2.43. The minimum Gasteiger partial charge on any atom is -0.352 e. The first-order chi connectivity index (χ1) is 11.6. The average Bonchev–Trinajstić information content (AvgIpc) is 3.30. The van der Waals surface area contributed by atoms with Gasteiger partial charge in [0.05, 0.1) is 17.0 Å². The zero-order valence-electron chi connectivity index (χ0n) is 14.3. The molecular formula is C19H25N3OS. The van der Waals surface area contributed by atoms with Gasteiger partial charge in [0.2, 0.25) is 5.91 Å². The lowest BCUT2D eigenvalue weighted by Gasteiger charge is -2.29. The first kappa shape index (κ1) is 16.0. The van der Waals surface area contributed by atoms with Gasteiger partial charge in [-0.25, -0.2) is 4.98 Å². The van der Waals surface area contributed by atoms with E-state index in [9.17, 15) is 4.79 Å². The standard InChI is InChI=1S/C19H25N3OS/c1-12(17-10-14-6-7-15(17)9-14)21-18(23)13(2)24-19-20-11-16-5-3-4-8-22(16)19/h3-5,8,11-15,17H,6-7,9-10H2,1-2H3,(H,21,23)/t12-,13+,14+,15+,17+/m1/s1. The lowest BCUT2D eigenvalue weighted by molar-refractivity contribution is -0.121. The Morgan fingerprint density at radius 3 is 2.96 bits per heavy atom. The first-order valence-corrected chi connectivity index (χ1v) is 9.89. The molecule has 0 spiro atoms. The second-order valence-corrected chi connectivity index (χ2v) is 8.74. The summed E-state index contributed by atoms with van der Waals surface area (Å²) in [6.45, 7) is 4.16. The van der Waals surface area contributed by atoms with Crippen LogP contribution in [0.15, 0.2) is 35.7 Å². The van der Waals surface area contributed by atoms with Gasteiger partial charge in [0.25, 0.3) is 0 Å². The summed E-state index contributed by atoms with van der Waals surface area (Å²) in [7, 11) is 0. The molecule has 2 aliphatic rings. The Kier molecular flexibility index (Phi) is 4.29. The van der Waals surface area contributed by atoms with Gasteiger partial charge in [-0.15, -0.1) is 0 Å². The van der Waals surface area contributed by atoms with E-state index in [0.717, 1.165) is 22.5 Å². The maximum atomic E-state index is 12.6. The molecular weight excluding hydrogens is 318 g/mol. The molecule has 2 aromatic rings. The van der Waals surface area contributed by atoms with Crippen LogP contribution >= 0.6 is 11.8 Å². The van der Waals surface area contributed by atoms with Crippen LogP contribution in [-0.2, 0) is 4.79 Å². The van der Waals surface area contributed by atoms with Gasteiger partial charge in [0.15, 0.2) is 5.16 Å². The van der Waals surface area contributed by atoms with E-state index in [-0.39, 0.29) is 17.2 Å². The fourth-order valence-electron chi connectivity index (χ4n) is 4.57. The Balaban J connectivity index is 1.37. The Hall–Kier alpha value is -1.49. The molecule has 1 amide bonds. The van der Waals surface area contributed by atoms with E-state index in [1.807, 2.05) is 41.9 Å². The van der Waals surface area contributed by atoms with Crippen molar-refractivity contribution in [2.75, 3.05) is 0 Å². The minimum absolute atomic E-state index is 0.128. The number of thioether (sulfide) groups is 1. The molecule has 2 aliphatic carbocycles. The molecule has 5 atom stereocenters. The van der Waals surface area contributed by atoms with E-state index in [4.69, 9.17) is 0 Å². The van der Waals surface area contributed by atoms with Crippen LogP contribution in [0.3, 0.4) is 0 Å². The predicted octanol–water partition coefficient (Wildman–Crippen LogP) is 3.76. The van der Waals surface area contributed by atoms with Crippen molar-refractivity contribution in [3.8, 4) is 0 Å². The molecule has 2 fully saturated rings. The first-order valence-electron chi connectivity index (χ1n) is 9.01. The van der Waals surface area contributed by atoms with E-state index in [0.29, 0.717) is 5.92 Å². The molecule has 5 heteroatoms. The van der Waals surface area contributed by atoms with Gasteiger partial charge < -0.3 is 5.32 Å². The van der Waals surface area contributed by atoms with Crippen molar-refractivity contribution in [2.45, 2.75) is 56.0 Å². The predicted molar refractivity (Wildman–Crippen MR) is 97.1 cm³/mol. The van der Waals surface area contributed by atoms with Gasteiger partial charge in [-0.1, -0.05) is 24.2 Å². The summed E-state index contributed by atoms with van der Waals surface area (Å²) in [4.78, 5) is 17.1. The Morgan fingerprint density at radius 2 is 2.21 bits per heavy atom. The fraction of sp³-hybridized carbons (Fsp3) is 0.579. The summed E-state index contributed by atoms with van der Waals surface area (Å²) in [6.07, 6.45) is 9.30. The monoisotopic (exact) mass is 343 g/mol. The Bertz CT molecular complexity index is 743. The highest BCUT2D eigenvalue weighted by Crippen LogP contribution is 2.49. The fourth-order valence-corrected chi connectivity index (χ4v) is 5.46. The van der Waals surface area contributed by atoms with E-state index in [1.54, 1.807) is 0 Å². The van der Waals surface area contributed by atoms with E-state index in [1.165, 1.54) is 37.4 Å². The van der Waals surface area contributed by atoms with Crippen molar-refractivity contribution in [3.63, 3.8) is 0 Å². The van der Waals surface area contributed by atoms with Crippen molar-refractivity contribution in [1.29, 1.82) is 0 Å². The zero-order chi connectivity index (χ0) is 16.7. The zero-order valence-corrected chi connectivity index (χ0v) is 15.1. The number of hydrogen-bond donors (Lipinski definition) is 1. The molecule has 0 saturated heterocycles. The third kappa shape index (κ3) is 2.94. The summed E-state index contributed by atoms with van der Waals surface area (Å²) >= 11 is 1.53.